The lowest BCUT2D eigenvalue weighted by atomic mass is 10.2. The zero-order valence-electron chi connectivity index (χ0n) is 15.2. The summed E-state index contributed by atoms with van der Waals surface area (Å²) in [7, 11) is 0. The number of thiazole rings is 1. The van der Waals surface area contributed by atoms with Crippen molar-refractivity contribution in [1.82, 2.24) is 19.7 Å². The van der Waals surface area contributed by atoms with Crippen LogP contribution in [0.4, 0.5) is 10.8 Å². The molecule has 3 aromatic rings. The number of carbonyl (C=O) groups excluding carboxylic acids is 1. The van der Waals surface area contributed by atoms with Gasteiger partial charge in [0.1, 0.15) is 0 Å². The van der Waals surface area contributed by atoms with Gasteiger partial charge in [0.05, 0.1) is 10.2 Å². The number of benzene rings is 1. The molecule has 3 rings (SSSR count). The van der Waals surface area contributed by atoms with Gasteiger partial charge in [-0.05, 0) is 25.5 Å². The Kier molecular flexibility index (Phi) is 6.37. The van der Waals surface area contributed by atoms with Crippen LogP contribution in [0.25, 0.3) is 11.4 Å². The number of nitrogens with one attached hydrogen (secondary N) is 1. The molecule has 1 unspecified atom stereocenters. The number of nitro benzene ring substituents is 1. The van der Waals surface area contributed by atoms with Gasteiger partial charge < -0.3 is 9.88 Å². The molecule has 1 aromatic carbocycles. The van der Waals surface area contributed by atoms with E-state index in [-0.39, 0.29) is 16.8 Å². The van der Waals surface area contributed by atoms with Crippen molar-refractivity contribution in [3.63, 3.8) is 0 Å². The van der Waals surface area contributed by atoms with E-state index in [1.54, 1.807) is 23.7 Å². The molecule has 0 aliphatic rings. The molecule has 1 N–H and O–H groups in total. The van der Waals surface area contributed by atoms with E-state index in [0.717, 1.165) is 5.56 Å². The monoisotopic (exact) mass is 418 g/mol. The zero-order chi connectivity index (χ0) is 20.1. The molecule has 1 atom stereocenters. The van der Waals surface area contributed by atoms with Crippen molar-refractivity contribution < 1.29 is 9.72 Å². The third-order valence-electron chi connectivity index (χ3n) is 3.94. The topological polar surface area (TPSA) is 116 Å². The van der Waals surface area contributed by atoms with E-state index in [2.05, 4.69) is 20.5 Å². The number of thioether (sulfide) groups is 1. The van der Waals surface area contributed by atoms with Gasteiger partial charge in [0, 0.05) is 35.8 Å². The minimum absolute atomic E-state index is 0.0193. The molecule has 0 radical (unpaired) electrons. The molecule has 0 saturated carbocycles. The van der Waals surface area contributed by atoms with Crippen LogP contribution >= 0.6 is 23.1 Å². The van der Waals surface area contributed by atoms with Crippen molar-refractivity contribution in [1.29, 1.82) is 0 Å². The fourth-order valence-corrected chi connectivity index (χ4v) is 4.08. The van der Waals surface area contributed by atoms with Crippen LogP contribution in [0.1, 0.15) is 20.3 Å². The Balaban J connectivity index is 1.80. The molecule has 1 amide bonds. The number of rotatable bonds is 8. The lowest BCUT2D eigenvalue weighted by Crippen LogP contribution is -2.25. The first-order valence-electron chi connectivity index (χ1n) is 8.58. The molecule has 146 valence electrons. The van der Waals surface area contributed by atoms with Gasteiger partial charge in [-0.15, -0.1) is 21.5 Å². The van der Waals surface area contributed by atoms with Crippen molar-refractivity contribution in [3.05, 3.63) is 46.0 Å². The maximum absolute atomic E-state index is 12.5. The van der Waals surface area contributed by atoms with E-state index in [9.17, 15) is 14.9 Å². The normalized spacial score (nSPS) is 11.9. The highest BCUT2D eigenvalue weighted by Gasteiger charge is 2.23. The highest BCUT2D eigenvalue weighted by atomic mass is 32.2. The van der Waals surface area contributed by atoms with Crippen LogP contribution in [-0.4, -0.2) is 35.8 Å². The second-order valence-corrected chi connectivity index (χ2v) is 7.76. The van der Waals surface area contributed by atoms with Crippen molar-refractivity contribution in [2.45, 2.75) is 37.2 Å². The van der Waals surface area contributed by atoms with Gasteiger partial charge in [-0.3, -0.25) is 14.9 Å². The molecule has 0 aliphatic heterocycles. The van der Waals surface area contributed by atoms with E-state index >= 15 is 0 Å². The average molecular weight is 419 g/mol. The molecule has 0 saturated heterocycles. The summed E-state index contributed by atoms with van der Waals surface area (Å²) in [6, 6.07) is 6.17. The molecule has 0 bridgehead atoms. The average Bonchev–Trinajstić information content (AvgIpc) is 3.35. The number of carbonyl (C=O) groups is 1. The Labute approximate surface area is 169 Å². The molecule has 0 aliphatic carbocycles. The predicted octanol–water partition coefficient (Wildman–Crippen LogP) is 3.84. The number of anilines is 1. The second kappa shape index (κ2) is 8.93. The van der Waals surface area contributed by atoms with Crippen LogP contribution < -0.4 is 5.32 Å². The summed E-state index contributed by atoms with van der Waals surface area (Å²) in [6.07, 6.45) is 2.25. The highest BCUT2D eigenvalue weighted by Crippen LogP contribution is 2.29. The van der Waals surface area contributed by atoms with Crippen LogP contribution in [0.2, 0.25) is 0 Å². The Morgan fingerprint density at radius 1 is 1.32 bits per heavy atom. The van der Waals surface area contributed by atoms with Crippen molar-refractivity contribution in [2.24, 2.45) is 0 Å². The molecule has 0 spiro atoms. The molecule has 9 nitrogen and oxygen atoms in total. The number of non-ortho nitro benzene ring substituents is 1. The van der Waals surface area contributed by atoms with Gasteiger partial charge >= 0.3 is 0 Å². The standard InChI is InChI=1S/C17H18N6O3S2/c1-3-13(15(24)19-16-18-9-10-27-16)28-17-21-20-14(22(17)4-2)11-5-7-12(8-6-11)23(25)26/h5-10,13H,3-4H2,1-2H3,(H,18,19,24). The Morgan fingerprint density at radius 2 is 2.07 bits per heavy atom. The predicted molar refractivity (Wildman–Crippen MR) is 108 cm³/mol. The summed E-state index contributed by atoms with van der Waals surface area (Å²) in [5.41, 5.74) is 0.748. The smallest absolute Gasteiger partial charge is 0.269 e. The van der Waals surface area contributed by atoms with Crippen LogP contribution in [0.3, 0.4) is 0 Å². The fourth-order valence-electron chi connectivity index (χ4n) is 2.53. The van der Waals surface area contributed by atoms with E-state index in [0.29, 0.717) is 29.1 Å². The summed E-state index contributed by atoms with van der Waals surface area (Å²) in [6.45, 7) is 4.49. The van der Waals surface area contributed by atoms with E-state index in [1.807, 2.05) is 18.4 Å². The SMILES string of the molecule is CCC(Sc1nnc(-c2ccc([N+](=O)[O-])cc2)n1CC)C(=O)Nc1nccs1. The van der Waals surface area contributed by atoms with Crippen LogP contribution in [0.5, 0.6) is 0 Å². The van der Waals surface area contributed by atoms with Crippen LogP contribution in [0.15, 0.2) is 41.0 Å². The van der Waals surface area contributed by atoms with E-state index in [4.69, 9.17) is 0 Å². The van der Waals surface area contributed by atoms with E-state index < -0.39 is 4.92 Å². The first kappa shape index (κ1) is 20.0. The minimum atomic E-state index is -0.442. The fraction of sp³-hybridized carbons (Fsp3) is 0.294. The Bertz CT molecular complexity index is 956. The maximum atomic E-state index is 12.5. The van der Waals surface area contributed by atoms with Crippen molar-refractivity contribution in [2.75, 3.05) is 5.32 Å². The molecule has 11 heteroatoms. The van der Waals surface area contributed by atoms with Crippen molar-refractivity contribution in [3.8, 4) is 11.4 Å². The summed E-state index contributed by atoms with van der Waals surface area (Å²) >= 11 is 2.70. The molecule has 0 fully saturated rings. The Hall–Kier alpha value is -2.79. The first-order chi connectivity index (χ1) is 13.5. The van der Waals surface area contributed by atoms with Gasteiger partial charge in [-0.1, -0.05) is 18.7 Å². The largest absolute Gasteiger partial charge is 0.302 e. The summed E-state index contributed by atoms with van der Waals surface area (Å²) in [5.74, 6) is 0.472. The maximum Gasteiger partial charge on any atom is 0.269 e. The zero-order valence-corrected chi connectivity index (χ0v) is 16.9. The molecule has 28 heavy (non-hydrogen) atoms. The minimum Gasteiger partial charge on any atom is -0.302 e. The summed E-state index contributed by atoms with van der Waals surface area (Å²) < 4.78 is 1.89. The quantitative estimate of drug-likeness (QED) is 0.336. The van der Waals surface area contributed by atoms with Gasteiger partial charge in [-0.2, -0.15) is 0 Å². The number of aromatic nitrogens is 4. The number of nitrogens with zero attached hydrogens (tertiary/aromatic N) is 5. The first-order valence-corrected chi connectivity index (χ1v) is 10.3. The van der Waals surface area contributed by atoms with Gasteiger partial charge in [0.15, 0.2) is 16.1 Å². The van der Waals surface area contributed by atoms with Gasteiger partial charge in [0.2, 0.25) is 5.91 Å². The van der Waals surface area contributed by atoms with Gasteiger partial charge in [-0.25, -0.2) is 4.98 Å². The third-order valence-corrected chi connectivity index (χ3v) is 5.98. The lowest BCUT2D eigenvalue weighted by molar-refractivity contribution is -0.384. The van der Waals surface area contributed by atoms with Crippen LogP contribution in [-0.2, 0) is 11.3 Å². The molecular formula is C17H18N6O3S2. The summed E-state index contributed by atoms with van der Waals surface area (Å²) in [4.78, 5) is 27.0. The lowest BCUT2D eigenvalue weighted by Gasteiger charge is -2.14. The Morgan fingerprint density at radius 3 is 2.64 bits per heavy atom. The number of nitro groups is 1. The summed E-state index contributed by atoms with van der Waals surface area (Å²) in [5, 5.41) is 24.8. The van der Waals surface area contributed by atoms with Crippen molar-refractivity contribution >= 4 is 39.8 Å². The number of hydrogen-bond acceptors (Lipinski definition) is 8. The highest BCUT2D eigenvalue weighted by molar-refractivity contribution is 8.00. The van der Waals surface area contributed by atoms with Gasteiger partial charge in [0.25, 0.3) is 5.69 Å². The molecular weight excluding hydrogens is 400 g/mol. The number of hydrogen-bond donors (Lipinski definition) is 1. The van der Waals surface area contributed by atoms with E-state index in [1.165, 1.54) is 35.2 Å². The molecule has 2 heterocycles. The number of amides is 1. The molecule has 2 aromatic heterocycles. The second-order valence-electron chi connectivity index (χ2n) is 5.70. The third kappa shape index (κ3) is 4.37. The van der Waals surface area contributed by atoms with Crippen LogP contribution in [0, 0.1) is 10.1 Å².